The largest absolute Gasteiger partial charge is 0.454 e. The van der Waals surface area contributed by atoms with E-state index in [1.54, 1.807) is 0 Å². The van der Waals surface area contributed by atoms with E-state index >= 15 is 0 Å². The summed E-state index contributed by atoms with van der Waals surface area (Å²) in [4.78, 5) is 15.1. The number of nitrogens with one attached hydrogen (secondary N) is 2. The van der Waals surface area contributed by atoms with Gasteiger partial charge in [-0.1, -0.05) is 12.1 Å². The van der Waals surface area contributed by atoms with E-state index in [1.165, 1.54) is 12.1 Å². The van der Waals surface area contributed by atoms with Crippen molar-refractivity contribution in [2.75, 3.05) is 19.9 Å². The highest BCUT2D eigenvalue weighted by Gasteiger charge is 2.37. The van der Waals surface area contributed by atoms with E-state index in [4.69, 9.17) is 9.47 Å². The van der Waals surface area contributed by atoms with Gasteiger partial charge in [0.2, 0.25) is 12.7 Å². The minimum atomic E-state index is -0.587. The Kier molecular flexibility index (Phi) is 6.91. The highest BCUT2D eigenvalue weighted by molar-refractivity contribution is 5.82. The molecular weight excluding hydrogens is 416 g/mol. The molecule has 0 radical (unpaired) electrons. The van der Waals surface area contributed by atoms with Crippen LogP contribution in [0.2, 0.25) is 0 Å². The van der Waals surface area contributed by atoms with Gasteiger partial charge in [-0.15, -0.1) is 0 Å². The average Bonchev–Trinajstić information content (AvgIpc) is 3.40. The van der Waals surface area contributed by atoms with E-state index in [1.807, 2.05) is 18.2 Å². The van der Waals surface area contributed by atoms with Crippen LogP contribution in [0.1, 0.15) is 31.4 Å². The minimum absolute atomic E-state index is 0.00305. The van der Waals surface area contributed by atoms with Crippen molar-refractivity contribution in [2.45, 2.75) is 51.4 Å². The molecule has 8 heteroatoms. The first kappa shape index (κ1) is 22.5. The van der Waals surface area contributed by atoms with Gasteiger partial charge in [0.15, 0.2) is 11.5 Å². The summed E-state index contributed by atoms with van der Waals surface area (Å²) < 4.78 is 37.8. The number of benzene rings is 2. The lowest BCUT2D eigenvalue weighted by Gasteiger charge is -2.27. The number of hydrogen-bond donors (Lipinski definition) is 2. The minimum Gasteiger partial charge on any atom is -0.454 e. The number of fused-ring (bicyclic) bond motifs is 1. The lowest BCUT2D eigenvalue weighted by Crippen LogP contribution is -2.46. The molecule has 172 valence electrons. The molecule has 1 saturated heterocycles. The molecule has 2 atom stereocenters. The van der Waals surface area contributed by atoms with Crippen molar-refractivity contribution in [1.82, 2.24) is 15.5 Å². The summed E-state index contributed by atoms with van der Waals surface area (Å²) in [5.41, 5.74) is 1.49. The quantitative estimate of drug-likeness (QED) is 0.654. The number of likely N-dealkylation sites (tertiary alicyclic amines) is 1. The molecule has 2 aliphatic rings. The van der Waals surface area contributed by atoms with Gasteiger partial charge in [-0.2, -0.15) is 0 Å². The molecule has 0 aliphatic carbocycles. The molecular formula is C24H29F2N3O3. The first-order valence-electron chi connectivity index (χ1n) is 11.0. The van der Waals surface area contributed by atoms with Crippen molar-refractivity contribution in [3.05, 3.63) is 59.2 Å². The zero-order valence-corrected chi connectivity index (χ0v) is 18.4. The molecule has 32 heavy (non-hydrogen) atoms. The van der Waals surface area contributed by atoms with Gasteiger partial charge in [-0.05, 0) is 50.5 Å². The normalized spacial score (nSPS) is 20.2. The van der Waals surface area contributed by atoms with Gasteiger partial charge in [-0.3, -0.25) is 9.69 Å². The van der Waals surface area contributed by atoms with Crippen molar-refractivity contribution in [3.63, 3.8) is 0 Å². The second kappa shape index (κ2) is 9.83. The molecule has 0 bridgehead atoms. The van der Waals surface area contributed by atoms with Crippen molar-refractivity contribution < 1.29 is 23.0 Å². The van der Waals surface area contributed by atoms with Crippen molar-refractivity contribution in [2.24, 2.45) is 0 Å². The van der Waals surface area contributed by atoms with E-state index in [0.717, 1.165) is 23.1 Å². The lowest BCUT2D eigenvalue weighted by atomic mass is 10.1. The van der Waals surface area contributed by atoms with Crippen LogP contribution >= 0.6 is 0 Å². The molecule has 0 unspecified atom stereocenters. The molecule has 2 aromatic rings. The second-order valence-corrected chi connectivity index (χ2v) is 8.58. The van der Waals surface area contributed by atoms with Gasteiger partial charge in [0, 0.05) is 43.3 Å². The Morgan fingerprint density at radius 2 is 1.97 bits per heavy atom. The lowest BCUT2D eigenvalue weighted by molar-refractivity contribution is -0.126. The highest BCUT2D eigenvalue weighted by atomic mass is 19.1. The molecule has 1 amide bonds. The summed E-state index contributed by atoms with van der Waals surface area (Å²) in [6, 6.07) is 9.41. The Bertz CT molecular complexity index is 970. The van der Waals surface area contributed by atoms with Crippen LogP contribution in [0.25, 0.3) is 0 Å². The van der Waals surface area contributed by atoms with E-state index in [2.05, 4.69) is 29.4 Å². The average molecular weight is 446 g/mol. The van der Waals surface area contributed by atoms with Crippen molar-refractivity contribution >= 4 is 5.91 Å². The van der Waals surface area contributed by atoms with Crippen LogP contribution < -0.4 is 20.1 Å². The highest BCUT2D eigenvalue weighted by Crippen LogP contribution is 2.32. The van der Waals surface area contributed by atoms with E-state index in [0.29, 0.717) is 38.0 Å². The number of carbonyl (C=O) groups excluding carboxylic acids is 1. The van der Waals surface area contributed by atoms with Crippen LogP contribution in [0.5, 0.6) is 11.5 Å². The molecule has 1 fully saturated rings. The third kappa shape index (κ3) is 5.19. The first-order chi connectivity index (χ1) is 15.4. The van der Waals surface area contributed by atoms with Gasteiger partial charge in [0.05, 0.1) is 6.04 Å². The number of carbonyl (C=O) groups is 1. The number of rotatable bonds is 8. The second-order valence-electron chi connectivity index (χ2n) is 8.58. The fourth-order valence-corrected chi connectivity index (χ4v) is 4.30. The summed E-state index contributed by atoms with van der Waals surface area (Å²) in [6.45, 7) is 5.89. The summed E-state index contributed by atoms with van der Waals surface area (Å²) in [6.07, 6.45) is 1.33. The number of ether oxygens (including phenoxy) is 2. The smallest absolute Gasteiger partial charge is 0.237 e. The molecule has 6 nitrogen and oxygen atoms in total. The van der Waals surface area contributed by atoms with E-state index < -0.39 is 11.6 Å². The topological polar surface area (TPSA) is 62.8 Å². The fraction of sp³-hybridized carbons (Fsp3) is 0.458. The Morgan fingerprint density at radius 3 is 2.75 bits per heavy atom. The maximum absolute atomic E-state index is 13.9. The van der Waals surface area contributed by atoms with Gasteiger partial charge in [0.25, 0.3) is 0 Å². The molecule has 2 aromatic carbocycles. The van der Waals surface area contributed by atoms with Crippen LogP contribution in [0.15, 0.2) is 36.4 Å². The number of amides is 1. The number of hydrogen-bond acceptors (Lipinski definition) is 5. The third-order valence-electron chi connectivity index (χ3n) is 6.05. The fourth-order valence-electron chi connectivity index (χ4n) is 4.30. The molecule has 2 aliphatic heterocycles. The van der Waals surface area contributed by atoms with Gasteiger partial charge in [-0.25, -0.2) is 8.78 Å². The Morgan fingerprint density at radius 1 is 1.16 bits per heavy atom. The standard InChI is InChI=1S/C24H29F2N3O3/c1-15(2)29-13-19(28-12-17-4-5-18(25)10-20(17)26)11-21(29)24(30)27-8-7-16-3-6-22-23(9-16)32-14-31-22/h3-6,9-10,15,19,21,28H,7-8,11-14H2,1-2H3,(H,27,30)/t19-,21-/m0/s1. The Labute approximate surface area is 186 Å². The predicted molar refractivity (Wildman–Crippen MR) is 117 cm³/mol. The molecule has 4 rings (SSSR count). The van der Waals surface area contributed by atoms with E-state index in [9.17, 15) is 13.6 Å². The van der Waals surface area contributed by atoms with E-state index in [-0.39, 0.29) is 30.8 Å². The van der Waals surface area contributed by atoms with Crippen LogP contribution in [-0.4, -0.2) is 48.8 Å². The number of halogens is 2. The van der Waals surface area contributed by atoms with Crippen LogP contribution in [0.3, 0.4) is 0 Å². The molecule has 2 heterocycles. The van der Waals surface area contributed by atoms with Crippen molar-refractivity contribution in [1.29, 1.82) is 0 Å². The SMILES string of the molecule is CC(C)N1C[C@@H](NCc2ccc(F)cc2F)C[C@H]1C(=O)NCCc1ccc2c(c1)OCO2. The van der Waals surface area contributed by atoms with Crippen LogP contribution in [0.4, 0.5) is 8.78 Å². The zero-order chi connectivity index (χ0) is 22.7. The molecule has 0 spiro atoms. The molecule has 0 saturated carbocycles. The third-order valence-corrected chi connectivity index (χ3v) is 6.05. The summed E-state index contributed by atoms with van der Waals surface area (Å²) in [5.74, 6) is 0.332. The summed E-state index contributed by atoms with van der Waals surface area (Å²) in [5, 5.41) is 6.38. The predicted octanol–water partition coefficient (Wildman–Crippen LogP) is 2.99. The summed E-state index contributed by atoms with van der Waals surface area (Å²) in [7, 11) is 0. The van der Waals surface area contributed by atoms with Gasteiger partial charge in [0.1, 0.15) is 11.6 Å². The molecule has 2 N–H and O–H groups in total. The van der Waals surface area contributed by atoms with Gasteiger partial charge < -0.3 is 20.1 Å². The number of nitrogens with zero attached hydrogens (tertiary/aromatic N) is 1. The van der Waals surface area contributed by atoms with Gasteiger partial charge >= 0.3 is 0 Å². The molecule has 0 aromatic heterocycles. The Hall–Kier alpha value is -2.71. The maximum Gasteiger partial charge on any atom is 0.237 e. The van der Waals surface area contributed by atoms with Crippen molar-refractivity contribution in [3.8, 4) is 11.5 Å². The Balaban J connectivity index is 1.29. The van der Waals surface area contributed by atoms with Crippen LogP contribution in [-0.2, 0) is 17.8 Å². The maximum atomic E-state index is 13.9. The first-order valence-corrected chi connectivity index (χ1v) is 11.0. The monoisotopic (exact) mass is 445 g/mol. The summed E-state index contributed by atoms with van der Waals surface area (Å²) >= 11 is 0. The zero-order valence-electron chi connectivity index (χ0n) is 18.4. The van der Waals surface area contributed by atoms with Crippen LogP contribution in [0, 0.1) is 11.6 Å².